The van der Waals surface area contributed by atoms with Crippen molar-refractivity contribution in [2.75, 3.05) is 16.8 Å². The van der Waals surface area contributed by atoms with Crippen LogP contribution in [0.3, 0.4) is 0 Å². The Bertz CT molecular complexity index is 681. The van der Waals surface area contributed by atoms with Crippen molar-refractivity contribution >= 4 is 34.5 Å². The van der Waals surface area contributed by atoms with E-state index in [-0.39, 0.29) is 24.8 Å². The van der Waals surface area contributed by atoms with Crippen molar-refractivity contribution in [3.63, 3.8) is 0 Å². The number of nitrogens with one attached hydrogen (secondary N) is 1. The van der Waals surface area contributed by atoms with E-state index < -0.39 is 0 Å². The number of hydrogen-bond acceptors (Lipinski definition) is 4. The summed E-state index contributed by atoms with van der Waals surface area (Å²) in [6.45, 7) is 1.96. The Morgan fingerprint density at radius 2 is 2.25 bits per heavy atom. The Morgan fingerprint density at radius 3 is 3.00 bits per heavy atom. The van der Waals surface area contributed by atoms with Crippen molar-refractivity contribution in [3.05, 3.63) is 40.3 Å². The zero-order valence-corrected chi connectivity index (χ0v) is 11.7. The van der Waals surface area contributed by atoms with Crippen LogP contribution in [0.25, 0.3) is 0 Å². The average molecular weight is 287 g/mol. The van der Waals surface area contributed by atoms with Gasteiger partial charge >= 0.3 is 0 Å². The molecule has 2 heterocycles. The number of carbonyl (C=O) groups is 2. The molecule has 20 heavy (non-hydrogen) atoms. The molecule has 6 heteroatoms. The number of carbonyl (C=O) groups excluding carboxylic acids is 2. The second-order valence-corrected chi connectivity index (χ2v) is 5.64. The summed E-state index contributed by atoms with van der Waals surface area (Å²) in [5.74, 6) is -0.288. The standard InChI is InChI=1S/C14H13N3O2S/c1-9-15-10(8-20-9)6-14(19)17-7-13(18)16-11-4-2-3-5-12(11)17/h2-5,8H,6-7H2,1H3,(H,16,18). The highest BCUT2D eigenvalue weighted by atomic mass is 32.1. The van der Waals surface area contributed by atoms with Crippen LogP contribution in [0.15, 0.2) is 29.6 Å². The molecule has 2 amide bonds. The number of benzene rings is 1. The molecule has 102 valence electrons. The number of thiazole rings is 1. The normalized spacial score (nSPS) is 13.8. The van der Waals surface area contributed by atoms with E-state index in [4.69, 9.17) is 0 Å². The first kappa shape index (κ1) is 12.8. The third-order valence-corrected chi connectivity index (χ3v) is 3.89. The van der Waals surface area contributed by atoms with Crippen LogP contribution in [-0.2, 0) is 16.0 Å². The van der Waals surface area contributed by atoms with E-state index in [1.807, 2.05) is 30.5 Å². The van der Waals surface area contributed by atoms with Crippen LogP contribution < -0.4 is 10.2 Å². The maximum absolute atomic E-state index is 12.4. The number of hydrogen-bond donors (Lipinski definition) is 1. The molecule has 0 spiro atoms. The van der Waals surface area contributed by atoms with Crippen LogP contribution in [0.2, 0.25) is 0 Å². The number of fused-ring (bicyclic) bond motifs is 1. The predicted octanol–water partition coefficient (Wildman–Crippen LogP) is 1.98. The second-order valence-electron chi connectivity index (χ2n) is 4.58. The third-order valence-electron chi connectivity index (χ3n) is 3.07. The number of anilines is 2. The highest BCUT2D eigenvalue weighted by Gasteiger charge is 2.26. The highest BCUT2D eigenvalue weighted by molar-refractivity contribution is 7.09. The maximum atomic E-state index is 12.4. The Hall–Kier alpha value is -2.21. The van der Waals surface area contributed by atoms with Crippen LogP contribution in [0.1, 0.15) is 10.7 Å². The van der Waals surface area contributed by atoms with Gasteiger partial charge in [-0.25, -0.2) is 4.98 Å². The number of rotatable bonds is 2. The van der Waals surface area contributed by atoms with Gasteiger partial charge in [0, 0.05) is 5.38 Å². The third kappa shape index (κ3) is 2.42. The van der Waals surface area contributed by atoms with Gasteiger partial charge in [-0.2, -0.15) is 0 Å². The minimum absolute atomic E-state index is 0.0545. The number of aryl methyl sites for hydroxylation is 1. The molecule has 1 N–H and O–H groups in total. The zero-order valence-electron chi connectivity index (χ0n) is 10.9. The van der Waals surface area contributed by atoms with E-state index in [1.54, 1.807) is 6.07 Å². The fraction of sp³-hybridized carbons (Fsp3) is 0.214. The Balaban J connectivity index is 1.86. The first-order chi connectivity index (χ1) is 9.63. The van der Waals surface area contributed by atoms with Gasteiger partial charge in [0.15, 0.2) is 0 Å². The van der Waals surface area contributed by atoms with Gasteiger partial charge in [-0.15, -0.1) is 11.3 Å². The number of nitrogens with zero attached hydrogens (tertiary/aromatic N) is 2. The minimum Gasteiger partial charge on any atom is -0.323 e. The molecule has 1 aromatic heterocycles. The molecule has 1 aliphatic heterocycles. The van der Waals surface area contributed by atoms with Crippen molar-refractivity contribution in [2.24, 2.45) is 0 Å². The van der Waals surface area contributed by atoms with Crippen LogP contribution in [0.5, 0.6) is 0 Å². The van der Waals surface area contributed by atoms with E-state index >= 15 is 0 Å². The van der Waals surface area contributed by atoms with E-state index in [0.29, 0.717) is 5.69 Å². The lowest BCUT2D eigenvalue weighted by Crippen LogP contribution is -2.42. The molecule has 0 unspecified atom stereocenters. The molecule has 0 saturated carbocycles. The van der Waals surface area contributed by atoms with Gasteiger partial charge < -0.3 is 10.2 Å². The quantitative estimate of drug-likeness (QED) is 0.918. The lowest BCUT2D eigenvalue weighted by molar-refractivity contribution is -0.121. The molecule has 0 fully saturated rings. The van der Waals surface area contributed by atoms with E-state index in [9.17, 15) is 9.59 Å². The van der Waals surface area contributed by atoms with Crippen LogP contribution in [0, 0.1) is 6.92 Å². The Labute approximate surface area is 120 Å². The molecule has 0 aliphatic carbocycles. The van der Waals surface area contributed by atoms with Gasteiger partial charge in [-0.1, -0.05) is 12.1 Å². The molecule has 1 aliphatic rings. The van der Waals surface area contributed by atoms with Gasteiger partial charge in [0.1, 0.15) is 6.54 Å². The molecule has 0 atom stereocenters. The second kappa shape index (κ2) is 5.05. The SMILES string of the molecule is Cc1nc(CC(=O)N2CC(=O)Nc3ccccc32)cs1. The highest BCUT2D eigenvalue weighted by Crippen LogP contribution is 2.29. The molecule has 1 aromatic carbocycles. The van der Waals surface area contributed by atoms with Crippen LogP contribution >= 0.6 is 11.3 Å². The summed E-state index contributed by atoms with van der Waals surface area (Å²) in [5, 5.41) is 5.58. The molecule has 0 radical (unpaired) electrons. The Morgan fingerprint density at radius 1 is 1.45 bits per heavy atom. The van der Waals surface area contributed by atoms with Crippen molar-refractivity contribution in [3.8, 4) is 0 Å². The monoisotopic (exact) mass is 287 g/mol. The number of aromatic nitrogens is 1. The van der Waals surface area contributed by atoms with Crippen molar-refractivity contribution in [1.82, 2.24) is 4.98 Å². The lowest BCUT2D eigenvalue weighted by Gasteiger charge is -2.29. The maximum Gasteiger partial charge on any atom is 0.244 e. The summed E-state index contributed by atoms with van der Waals surface area (Å²) in [4.78, 5) is 29.9. The minimum atomic E-state index is -0.175. The van der Waals surface area contributed by atoms with Crippen molar-refractivity contribution in [2.45, 2.75) is 13.3 Å². The van der Waals surface area contributed by atoms with Gasteiger partial charge in [0.25, 0.3) is 0 Å². The summed E-state index contributed by atoms with van der Waals surface area (Å²) in [7, 11) is 0. The smallest absolute Gasteiger partial charge is 0.244 e. The first-order valence-corrected chi connectivity index (χ1v) is 7.12. The first-order valence-electron chi connectivity index (χ1n) is 6.24. The van der Waals surface area contributed by atoms with Gasteiger partial charge in [0.05, 0.1) is 28.5 Å². The average Bonchev–Trinajstić information content (AvgIpc) is 2.83. The molecular weight excluding hydrogens is 274 g/mol. The van der Waals surface area contributed by atoms with Gasteiger partial charge in [-0.05, 0) is 19.1 Å². The largest absolute Gasteiger partial charge is 0.323 e. The summed E-state index contributed by atoms with van der Waals surface area (Å²) < 4.78 is 0. The molecule has 0 saturated heterocycles. The van der Waals surface area contributed by atoms with Crippen LogP contribution in [-0.4, -0.2) is 23.3 Å². The summed E-state index contributed by atoms with van der Waals surface area (Å²) in [5.41, 5.74) is 2.16. The molecule has 0 bridgehead atoms. The molecule has 5 nitrogen and oxygen atoms in total. The summed E-state index contributed by atoms with van der Waals surface area (Å²) in [6.07, 6.45) is 0.214. The molecule has 3 rings (SSSR count). The van der Waals surface area contributed by atoms with E-state index in [1.165, 1.54) is 16.2 Å². The predicted molar refractivity (Wildman–Crippen MR) is 78.0 cm³/mol. The number of amides is 2. The van der Waals surface area contributed by atoms with Crippen molar-refractivity contribution < 1.29 is 9.59 Å². The van der Waals surface area contributed by atoms with Crippen molar-refractivity contribution in [1.29, 1.82) is 0 Å². The van der Waals surface area contributed by atoms with Gasteiger partial charge in [0.2, 0.25) is 11.8 Å². The molecular formula is C14H13N3O2S. The topological polar surface area (TPSA) is 62.3 Å². The van der Waals surface area contributed by atoms with Crippen LogP contribution in [0.4, 0.5) is 11.4 Å². The molecule has 2 aromatic rings. The fourth-order valence-electron chi connectivity index (χ4n) is 2.20. The summed E-state index contributed by atoms with van der Waals surface area (Å²) in [6, 6.07) is 7.30. The van der Waals surface area contributed by atoms with E-state index in [2.05, 4.69) is 10.3 Å². The van der Waals surface area contributed by atoms with Gasteiger partial charge in [-0.3, -0.25) is 9.59 Å². The van der Waals surface area contributed by atoms with E-state index in [0.717, 1.165) is 16.4 Å². The summed E-state index contributed by atoms with van der Waals surface area (Å²) >= 11 is 1.52. The fourth-order valence-corrected chi connectivity index (χ4v) is 2.81. The Kier molecular flexibility index (Phi) is 3.23. The number of para-hydroxylation sites is 2. The zero-order chi connectivity index (χ0) is 14.1. The lowest BCUT2D eigenvalue weighted by atomic mass is 10.1.